The lowest BCUT2D eigenvalue weighted by Gasteiger charge is -2.15. The smallest absolute Gasteiger partial charge is 0.342 e. The topological polar surface area (TPSA) is 87.0 Å². The molecule has 1 aliphatic heterocycles. The standard InChI is InChI=1S/C18H22O5/c1-12-6-5-9-14(19)8-4-2-3-7-13-10-15(20)11-16(21)17(13)18(22)23-12/h3,5,7,9-12,14,19-21H,2,4,6,8H2,1H3/b7-3+,9-5-/t12-,14-/m0/s1. The summed E-state index contributed by atoms with van der Waals surface area (Å²) in [7, 11) is 0. The van der Waals surface area contributed by atoms with E-state index in [-0.39, 0.29) is 23.2 Å². The molecular weight excluding hydrogens is 296 g/mol. The molecule has 0 spiro atoms. The van der Waals surface area contributed by atoms with Crippen LogP contribution >= 0.6 is 0 Å². The number of carbonyl (C=O) groups is 1. The van der Waals surface area contributed by atoms with Gasteiger partial charge in [-0.25, -0.2) is 4.79 Å². The van der Waals surface area contributed by atoms with E-state index < -0.39 is 12.1 Å². The third kappa shape index (κ3) is 4.86. The molecule has 2 rings (SSSR count). The number of aliphatic hydroxyl groups excluding tert-OH is 1. The molecule has 0 aromatic heterocycles. The van der Waals surface area contributed by atoms with Crippen molar-refractivity contribution >= 4 is 12.0 Å². The molecule has 23 heavy (non-hydrogen) atoms. The zero-order valence-corrected chi connectivity index (χ0v) is 13.1. The van der Waals surface area contributed by atoms with E-state index in [9.17, 15) is 20.1 Å². The van der Waals surface area contributed by atoms with Gasteiger partial charge >= 0.3 is 5.97 Å². The first kappa shape index (κ1) is 17.1. The third-order valence-electron chi connectivity index (χ3n) is 3.64. The zero-order chi connectivity index (χ0) is 16.8. The van der Waals surface area contributed by atoms with Gasteiger partial charge in [-0.05, 0) is 37.8 Å². The lowest BCUT2D eigenvalue weighted by Crippen LogP contribution is -2.16. The Morgan fingerprint density at radius 1 is 1.22 bits per heavy atom. The maximum absolute atomic E-state index is 12.3. The quantitative estimate of drug-likeness (QED) is 0.505. The van der Waals surface area contributed by atoms with Gasteiger partial charge in [-0.1, -0.05) is 24.3 Å². The number of rotatable bonds is 0. The van der Waals surface area contributed by atoms with Crippen LogP contribution in [-0.4, -0.2) is 33.5 Å². The fourth-order valence-electron chi connectivity index (χ4n) is 2.46. The van der Waals surface area contributed by atoms with Crippen molar-refractivity contribution in [3.63, 3.8) is 0 Å². The number of aliphatic hydroxyl groups is 1. The van der Waals surface area contributed by atoms with Gasteiger partial charge in [-0.3, -0.25) is 0 Å². The van der Waals surface area contributed by atoms with E-state index in [2.05, 4.69) is 0 Å². The van der Waals surface area contributed by atoms with Crippen molar-refractivity contribution in [3.8, 4) is 11.5 Å². The molecule has 0 unspecified atom stereocenters. The fourth-order valence-corrected chi connectivity index (χ4v) is 2.46. The number of hydrogen-bond donors (Lipinski definition) is 3. The second-order valence-electron chi connectivity index (χ2n) is 5.71. The Bertz CT molecular complexity index is 618. The van der Waals surface area contributed by atoms with Crippen molar-refractivity contribution in [2.45, 2.75) is 44.8 Å². The fraction of sp³-hybridized carbons (Fsp3) is 0.389. The Morgan fingerprint density at radius 2 is 2.00 bits per heavy atom. The summed E-state index contributed by atoms with van der Waals surface area (Å²) in [5.74, 6) is -1.06. The molecule has 3 N–H and O–H groups in total. The van der Waals surface area contributed by atoms with Gasteiger partial charge in [0.1, 0.15) is 23.2 Å². The molecule has 2 atom stereocenters. The van der Waals surface area contributed by atoms with E-state index in [1.165, 1.54) is 6.07 Å². The predicted molar refractivity (Wildman–Crippen MR) is 87.3 cm³/mol. The monoisotopic (exact) mass is 318 g/mol. The van der Waals surface area contributed by atoms with E-state index in [1.807, 2.05) is 6.08 Å². The molecule has 1 aromatic rings. The molecule has 0 fully saturated rings. The normalized spacial score (nSPS) is 25.7. The van der Waals surface area contributed by atoms with Crippen LogP contribution in [0.4, 0.5) is 0 Å². The van der Waals surface area contributed by atoms with Gasteiger partial charge in [-0.2, -0.15) is 0 Å². The number of phenols is 2. The van der Waals surface area contributed by atoms with Crippen LogP contribution in [0.3, 0.4) is 0 Å². The number of esters is 1. The number of aromatic hydroxyl groups is 2. The van der Waals surface area contributed by atoms with Crippen LogP contribution in [0.25, 0.3) is 6.08 Å². The second-order valence-corrected chi connectivity index (χ2v) is 5.71. The molecule has 1 aliphatic rings. The lowest BCUT2D eigenvalue weighted by molar-refractivity contribution is 0.0344. The molecular formula is C18H22O5. The van der Waals surface area contributed by atoms with Crippen LogP contribution in [0.1, 0.15) is 48.5 Å². The lowest BCUT2D eigenvalue weighted by atomic mass is 10.0. The minimum atomic E-state index is -0.638. The van der Waals surface area contributed by atoms with Crippen LogP contribution in [0.5, 0.6) is 11.5 Å². The van der Waals surface area contributed by atoms with E-state index in [0.717, 1.165) is 12.5 Å². The molecule has 0 amide bonds. The Balaban J connectivity index is 2.34. The molecule has 0 aliphatic carbocycles. The Kier molecular flexibility index (Phi) is 5.82. The second kappa shape index (κ2) is 7.83. The summed E-state index contributed by atoms with van der Waals surface area (Å²) in [6.07, 6.45) is 8.76. The van der Waals surface area contributed by atoms with Crippen molar-refractivity contribution in [3.05, 3.63) is 41.5 Å². The van der Waals surface area contributed by atoms with E-state index >= 15 is 0 Å². The molecule has 0 saturated heterocycles. The van der Waals surface area contributed by atoms with Crippen molar-refractivity contribution in [1.29, 1.82) is 0 Å². The summed E-state index contributed by atoms with van der Waals surface area (Å²) < 4.78 is 5.33. The highest BCUT2D eigenvalue weighted by molar-refractivity contribution is 5.97. The number of cyclic esters (lactones) is 1. The average molecular weight is 318 g/mol. The Morgan fingerprint density at radius 3 is 2.78 bits per heavy atom. The van der Waals surface area contributed by atoms with Crippen LogP contribution < -0.4 is 0 Å². The number of phenolic OH excluding ortho intramolecular Hbond substituents is 2. The molecule has 0 radical (unpaired) electrons. The number of benzene rings is 1. The maximum atomic E-state index is 12.3. The van der Waals surface area contributed by atoms with Crippen molar-refractivity contribution < 1.29 is 24.9 Å². The van der Waals surface area contributed by atoms with Gasteiger partial charge in [0, 0.05) is 12.5 Å². The summed E-state index contributed by atoms with van der Waals surface area (Å²) in [5, 5.41) is 29.4. The average Bonchev–Trinajstić information content (AvgIpc) is 2.45. The number of hydrogen-bond acceptors (Lipinski definition) is 5. The predicted octanol–water partition coefficient (Wildman–Crippen LogP) is 3.15. The summed E-state index contributed by atoms with van der Waals surface area (Å²) in [6.45, 7) is 1.74. The van der Waals surface area contributed by atoms with E-state index in [0.29, 0.717) is 24.8 Å². The van der Waals surface area contributed by atoms with E-state index in [1.54, 1.807) is 25.2 Å². The molecule has 1 aromatic carbocycles. The van der Waals surface area contributed by atoms with Gasteiger partial charge < -0.3 is 20.1 Å². The highest BCUT2D eigenvalue weighted by atomic mass is 16.5. The zero-order valence-electron chi connectivity index (χ0n) is 13.1. The van der Waals surface area contributed by atoms with Crippen molar-refractivity contribution in [2.24, 2.45) is 0 Å². The van der Waals surface area contributed by atoms with Gasteiger partial charge in [0.05, 0.1) is 6.10 Å². The Labute approximate surface area is 135 Å². The first-order chi connectivity index (χ1) is 11.0. The number of fused-ring (bicyclic) bond motifs is 1. The minimum Gasteiger partial charge on any atom is -0.508 e. The number of ether oxygens (including phenoxy) is 1. The number of carbonyl (C=O) groups excluding carboxylic acids is 1. The van der Waals surface area contributed by atoms with Crippen LogP contribution in [0, 0.1) is 0 Å². The highest BCUT2D eigenvalue weighted by Gasteiger charge is 2.20. The first-order valence-corrected chi connectivity index (χ1v) is 7.75. The van der Waals surface area contributed by atoms with Crippen LogP contribution in [0.2, 0.25) is 0 Å². The summed E-state index contributed by atoms with van der Waals surface area (Å²) in [6, 6.07) is 2.54. The van der Waals surface area contributed by atoms with E-state index in [4.69, 9.17) is 4.74 Å². The summed E-state index contributed by atoms with van der Waals surface area (Å²) in [5.41, 5.74) is 0.458. The molecule has 5 nitrogen and oxygen atoms in total. The first-order valence-electron chi connectivity index (χ1n) is 7.75. The molecule has 0 saturated carbocycles. The molecule has 5 heteroatoms. The molecule has 1 heterocycles. The van der Waals surface area contributed by atoms with Gasteiger partial charge in [0.15, 0.2) is 0 Å². The largest absolute Gasteiger partial charge is 0.508 e. The Hall–Kier alpha value is -2.27. The molecule has 124 valence electrons. The van der Waals surface area contributed by atoms with Gasteiger partial charge in [-0.15, -0.1) is 0 Å². The third-order valence-corrected chi connectivity index (χ3v) is 3.64. The van der Waals surface area contributed by atoms with Crippen molar-refractivity contribution in [2.75, 3.05) is 0 Å². The van der Waals surface area contributed by atoms with Crippen LogP contribution in [0.15, 0.2) is 30.4 Å². The van der Waals surface area contributed by atoms with Crippen LogP contribution in [-0.2, 0) is 4.74 Å². The van der Waals surface area contributed by atoms with Gasteiger partial charge in [0.25, 0.3) is 0 Å². The highest BCUT2D eigenvalue weighted by Crippen LogP contribution is 2.29. The number of allylic oxidation sites excluding steroid dienone is 1. The summed E-state index contributed by atoms with van der Waals surface area (Å²) >= 11 is 0. The molecule has 0 bridgehead atoms. The summed E-state index contributed by atoms with van der Waals surface area (Å²) in [4.78, 5) is 12.3. The van der Waals surface area contributed by atoms with Crippen molar-refractivity contribution in [1.82, 2.24) is 0 Å². The van der Waals surface area contributed by atoms with Gasteiger partial charge in [0.2, 0.25) is 0 Å². The SMILES string of the molecule is C[C@H]1C/C=C\[C@@H](O)CCC/C=C/c2cc(O)cc(O)c2C(=O)O1. The minimum absolute atomic E-state index is 0.0481. The maximum Gasteiger partial charge on any atom is 0.342 e.